The Labute approximate surface area is 197 Å². The minimum Gasteiger partial charge on any atom is -0.195 e. The van der Waals surface area contributed by atoms with Gasteiger partial charge in [-0.05, 0) is 12.1 Å². The van der Waals surface area contributed by atoms with Crippen molar-refractivity contribution in [2.45, 2.75) is 53.6 Å². The topological polar surface area (TPSA) is 0 Å². The van der Waals surface area contributed by atoms with Gasteiger partial charge in [0.2, 0.25) is 4.43 Å². The van der Waals surface area contributed by atoms with Crippen LogP contribution < -0.4 is 21.2 Å². The van der Waals surface area contributed by atoms with Crippen molar-refractivity contribution in [3.8, 4) is 0 Å². The summed E-state index contributed by atoms with van der Waals surface area (Å²) in [5, 5.41) is 0. The summed E-state index contributed by atoms with van der Waals surface area (Å²) < 4.78 is 249. The van der Waals surface area contributed by atoms with Gasteiger partial charge in [-0.3, -0.25) is 0 Å². The highest BCUT2D eigenvalue weighted by molar-refractivity contribution is 5.16. The molecule has 1 aromatic carbocycles. The fraction of sp³-hybridized carbons (Fsp3) is 0.625. The first-order valence-corrected chi connectivity index (χ1v) is 10.9. The Bertz CT molecular complexity index is 902. The third kappa shape index (κ3) is 4.55. The standard InChI is InChI=1S/C16H7F19I/c17-8(18,6-36-7-4-2-1-3-5-7)9(19,20)10(21,22)11(23,24)12(25,26)13(27,28)14(29,30)15(31,32)16(33,34)35/h1-5H,6H2/q+1. The molecular weight excluding hydrogens is 680 g/mol. The lowest BCUT2D eigenvalue weighted by Crippen LogP contribution is -3.63. The molecule has 0 aliphatic heterocycles. The Kier molecular flexibility index (Phi) is 8.27. The molecule has 0 aliphatic carbocycles. The van der Waals surface area contributed by atoms with Crippen LogP contribution in [0.1, 0.15) is 0 Å². The van der Waals surface area contributed by atoms with Crippen molar-refractivity contribution in [2.75, 3.05) is 4.43 Å². The molecule has 0 atom stereocenters. The van der Waals surface area contributed by atoms with Crippen LogP contribution in [0.4, 0.5) is 83.4 Å². The second-order valence-corrected chi connectivity index (χ2v) is 9.56. The second kappa shape index (κ2) is 9.12. The third-order valence-corrected chi connectivity index (χ3v) is 7.24. The van der Waals surface area contributed by atoms with Gasteiger partial charge in [0.15, 0.2) is 3.57 Å². The molecule has 0 aliphatic rings. The first-order valence-electron chi connectivity index (χ1n) is 8.31. The average Bonchev–Trinajstić information content (AvgIpc) is 2.71. The molecule has 1 aromatic rings. The second-order valence-electron chi connectivity index (χ2n) is 6.79. The number of hydrogen-bond acceptors (Lipinski definition) is 0. The van der Waals surface area contributed by atoms with E-state index in [1.54, 1.807) is 0 Å². The molecule has 0 fully saturated rings. The molecule has 36 heavy (non-hydrogen) atoms. The number of benzene rings is 1. The number of hydrogen-bond donors (Lipinski definition) is 0. The maximum Gasteiger partial charge on any atom is 0.460 e. The summed E-state index contributed by atoms with van der Waals surface area (Å²) in [5.74, 6) is -66.0. The van der Waals surface area contributed by atoms with Gasteiger partial charge in [0, 0.05) is 0 Å². The van der Waals surface area contributed by atoms with Crippen LogP contribution in [0.25, 0.3) is 0 Å². The molecule has 0 radical (unpaired) electrons. The van der Waals surface area contributed by atoms with E-state index in [1.165, 1.54) is 6.07 Å². The zero-order valence-electron chi connectivity index (χ0n) is 16.2. The van der Waals surface area contributed by atoms with E-state index in [4.69, 9.17) is 0 Å². The van der Waals surface area contributed by atoms with Crippen molar-refractivity contribution in [3.63, 3.8) is 0 Å². The van der Waals surface area contributed by atoms with Crippen LogP contribution in [-0.2, 0) is 0 Å². The largest absolute Gasteiger partial charge is 0.460 e. The van der Waals surface area contributed by atoms with Gasteiger partial charge in [-0.25, -0.2) is 0 Å². The van der Waals surface area contributed by atoms with Crippen LogP contribution in [0.2, 0.25) is 0 Å². The Hall–Kier alpha value is -1.38. The van der Waals surface area contributed by atoms with E-state index in [1.807, 2.05) is 0 Å². The number of halogens is 20. The predicted octanol–water partition coefficient (Wildman–Crippen LogP) is 4.59. The number of alkyl halides is 20. The quantitative estimate of drug-likeness (QED) is 0.192. The molecule has 0 aromatic heterocycles. The monoisotopic (exact) mass is 687 g/mol. The van der Waals surface area contributed by atoms with Gasteiger partial charge in [-0.1, -0.05) is 18.2 Å². The lowest BCUT2D eigenvalue weighted by molar-refractivity contribution is -0.651. The van der Waals surface area contributed by atoms with Crippen molar-refractivity contribution in [3.05, 3.63) is 33.9 Å². The Morgan fingerprint density at radius 1 is 0.417 bits per heavy atom. The van der Waals surface area contributed by atoms with E-state index in [0.29, 0.717) is 0 Å². The summed E-state index contributed by atoms with van der Waals surface area (Å²) in [6.07, 6.45) is -7.88. The van der Waals surface area contributed by atoms with Crippen LogP contribution in [0.15, 0.2) is 30.3 Å². The van der Waals surface area contributed by atoms with Crippen LogP contribution in [-0.4, -0.2) is 58.0 Å². The van der Waals surface area contributed by atoms with Crippen molar-refractivity contribution in [1.29, 1.82) is 0 Å². The SMILES string of the molecule is FC(F)(F)C(F)(F)C(F)(F)C(F)(F)C(F)(F)C(F)(F)C(F)(F)C(F)(F)C(F)(F)C[I+]c1ccccc1. The zero-order valence-corrected chi connectivity index (χ0v) is 18.3. The van der Waals surface area contributed by atoms with E-state index >= 15 is 0 Å². The summed E-state index contributed by atoms with van der Waals surface area (Å²) in [6.45, 7) is 0. The van der Waals surface area contributed by atoms with E-state index < -0.39 is 79.2 Å². The zero-order chi connectivity index (χ0) is 29.0. The molecule has 210 valence electrons. The first kappa shape index (κ1) is 32.6. The fourth-order valence-corrected chi connectivity index (χ4v) is 4.46. The van der Waals surface area contributed by atoms with Crippen LogP contribution in [0.5, 0.6) is 0 Å². The van der Waals surface area contributed by atoms with Gasteiger partial charge < -0.3 is 0 Å². The summed E-state index contributed by atoms with van der Waals surface area (Å²) >= 11 is -2.50. The van der Waals surface area contributed by atoms with E-state index in [2.05, 4.69) is 0 Å². The van der Waals surface area contributed by atoms with Crippen molar-refractivity contribution >= 4 is 0 Å². The summed E-state index contributed by atoms with van der Waals surface area (Å²) in [7, 11) is 0. The Morgan fingerprint density at radius 2 is 0.722 bits per heavy atom. The highest BCUT2D eigenvalue weighted by Gasteiger charge is 2.96. The maximum atomic E-state index is 13.8. The van der Waals surface area contributed by atoms with E-state index in [0.717, 1.165) is 24.3 Å². The highest BCUT2D eigenvalue weighted by atomic mass is 127. The lowest BCUT2D eigenvalue weighted by Gasteiger charge is -2.43. The first-order chi connectivity index (χ1) is 15.6. The Morgan fingerprint density at radius 3 is 1.06 bits per heavy atom. The lowest BCUT2D eigenvalue weighted by atomic mass is 9.87. The molecule has 20 heteroatoms. The molecule has 1 rings (SSSR count). The minimum absolute atomic E-state index is 0.243. The molecule has 0 bridgehead atoms. The molecule has 0 spiro atoms. The summed E-state index contributed by atoms with van der Waals surface area (Å²) in [5.41, 5.74) is 0. The molecule has 0 nitrogen and oxygen atoms in total. The van der Waals surface area contributed by atoms with Crippen LogP contribution in [0, 0.1) is 3.57 Å². The summed E-state index contributed by atoms with van der Waals surface area (Å²) in [6, 6.07) is 5.36. The van der Waals surface area contributed by atoms with Gasteiger partial charge in [-0.2, -0.15) is 83.4 Å². The highest BCUT2D eigenvalue weighted by Crippen LogP contribution is 2.65. The van der Waals surface area contributed by atoms with Crippen LogP contribution in [0.3, 0.4) is 0 Å². The van der Waals surface area contributed by atoms with Gasteiger partial charge in [0.1, 0.15) is 0 Å². The fourth-order valence-electron chi connectivity index (χ4n) is 2.14. The van der Waals surface area contributed by atoms with E-state index in [9.17, 15) is 83.4 Å². The van der Waals surface area contributed by atoms with Gasteiger partial charge in [-0.15, -0.1) is 0 Å². The Balaban J connectivity index is 3.55. The summed E-state index contributed by atoms with van der Waals surface area (Å²) in [4.78, 5) is 0. The average molecular weight is 687 g/mol. The minimum atomic E-state index is -8.88. The molecule has 0 heterocycles. The molecule has 0 amide bonds. The third-order valence-electron chi connectivity index (χ3n) is 4.30. The maximum absolute atomic E-state index is 13.8. The van der Waals surface area contributed by atoms with Crippen molar-refractivity contribution < 1.29 is 105 Å². The molecule has 0 unspecified atom stereocenters. The van der Waals surface area contributed by atoms with Gasteiger partial charge >= 0.3 is 74.8 Å². The van der Waals surface area contributed by atoms with Gasteiger partial charge in [0.25, 0.3) is 0 Å². The van der Waals surface area contributed by atoms with Crippen LogP contribution >= 0.6 is 0 Å². The van der Waals surface area contributed by atoms with Crippen molar-refractivity contribution in [1.82, 2.24) is 0 Å². The smallest absolute Gasteiger partial charge is 0.195 e. The molecular formula is C16H7F19I+. The molecule has 0 saturated heterocycles. The van der Waals surface area contributed by atoms with E-state index in [-0.39, 0.29) is 3.57 Å². The molecule has 0 saturated carbocycles. The number of rotatable bonds is 10. The van der Waals surface area contributed by atoms with Crippen molar-refractivity contribution in [2.24, 2.45) is 0 Å². The molecule has 0 N–H and O–H groups in total. The predicted molar refractivity (Wildman–Crippen MR) is 75.6 cm³/mol. The normalized spacial score (nSPS) is 15.9. The van der Waals surface area contributed by atoms with Gasteiger partial charge in [0.05, 0.1) is 0 Å².